The number of aryl methyl sites for hydroxylation is 1. The summed E-state index contributed by atoms with van der Waals surface area (Å²) in [6.07, 6.45) is 5.14. The average molecular weight is 246 g/mol. The molecule has 1 fully saturated rings. The minimum atomic E-state index is 0.432. The predicted octanol–water partition coefficient (Wildman–Crippen LogP) is 2.60. The third-order valence-electron chi connectivity index (χ3n) is 4.32. The van der Waals surface area contributed by atoms with Gasteiger partial charge in [0.25, 0.3) is 0 Å². The van der Waals surface area contributed by atoms with Crippen LogP contribution in [0.4, 0.5) is 0 Å². The summed E-state index contributed by atoms with van der Waals surface area (Å²) in [5.74, 6) is 0. The summed E-state index contributed by atoms with van der Waals surface area (Å²) in [5.41, 5.74) is 9.15. The molecule has 100 valence electrons. The Hall–Kier alpha value is -0.860. The van der Waals surface area contributed by atoms with Crippen LogP contribution in [0.2, 0.25) is 0 Å². The van der Waals surface area contributed by atoms with Gasteiger partial charge < -0.3 is 10.6 Å². The molecule has 2 N–H and O–H groups in total. The van der Waals surface area contributed by atoms with Crippen LogP contribution < -0.4 is 5.73 Å². The van der Waals surface area contributed by atoms with E-state index in [4.69, 9.17) is 5.73 Å². The van der Waals surface area contributed by atoms with Gasteiger partial charge in [-0.1, -0.05) is 36.2 Å². The van der Waals surface area contributed by atoms with Crippen molar-refractivity contribution in [1.29, 1.82) is 0 Å². The molecule has 18 heavy (non-hydrogen) atoms. The van der Waals surface area contributed by atoms with E-state index >= 15 is 0 Å². The lowest BCUT2D eigenvalue weighted by Crippen LogP contribution is -2.46. The molecule has 0 atom stereocenters. The van der Waals surface area contributed by atoms with E-state index in [1.54, 1.807) is 0 Å². The highest BCUT2D eigenvalue weighted by atomic mass is 15.1. The van der Waals surface area contributed by atoms with Crippen molar-refractivity contribution in [2.45, 2.75) is 32.6 Å². The van der Waals surface area contributed by atoms with Crippen molar-refractivity contribution in [3.05, 3.63) is 35.4 Å². The topological polar surface area (TPSA) is 29.3 Å². The van der Waals surface area contributed by atoms with Crippen LogP contribution in [-0.4, -0.2) is 31.6 Å². The van der Waals surface area contributed by atoms with Crippen LogP contribution in [-0.2, 0) is 6.42 Å². The molecule has 1 aliphatic rings. The monoisotopic (exact) mass is 246 g/mol. The fourth-order valence-electron chi connectivity index (χ4n) is 2.94. The Morgan fingerprint density at radius 1 is 1.33 bits per heavy atom. The summed E-state index contributed by atoms with van der Waals surface area (Å²) in [6.45, 7) is 5.30. The van der Waals surface area contributed by atoms with E-state index in [-0.39, 0.29) is 0 Å². The Kier molecular flexibility index (Phi) is 4.41. The Morgan fingerprint density at radius 3 is 2.67 bits per heavy atom. The van der Waals surface area contributed by atoms with E-state index in [0.717, 1.165) is 26.1 Å². The minimum Gasteiger partial charge on any atom is -0.330 e. The molecule has 0 unspecified atom stereocenters. The highest BCUT2D eigenvalue weighted by Crippen LogP contribution is 2.40. The fraction of sp³-hybridized carbons (Fsp3) is 0.625. The Balaban J connectivity index is 1.79. The molecule has 1 saturated carbocycles. The van der Waals surface area contributed by atoms with Crippen molar-refractivity contribution in [3.63, 3.8) is 0 Å². The van der Waals surface area contributed by atoms with E-state index in [0.29, 0.717) is 5.41 Å². The predicted molar refractivity (Wildman–Crippen MR) is 77.7 cm³/mol. The summed E-state index contributed by atoms with van der Waals surface area (Å²) in [6, 6.07) is 8.82. The molecule has 2 heteroatoms. The molecule has 0 amide bonds. The normalized spacial score (nSPS) is 17.8. The standard InChI is InChI=1S/C16H26N2/c1-14-5-3-6-15(11-14)7-10-18(2)13-16(12-17)8-4-9-16/h3,5-6,11H,4,7-10,12-13,17H2,1-2H3. The molecule has 0 aliphatic heterocycles. The highest BCUT2D eigenvalue weighted by molar-refractivity contribution is 5.22. The second-order valence-corrected chi connectivity index (χ2v) is 6.03. The van der Waals surface area contributed by atoms with Gasteiger partial charge in [0.2, 0.25) is 0 Å². The maximum atomic E-state index is 5.92. The van der Waals surface area contributed by atoms with Gasteiger partial charge in [0.05, 0.1) is 0 Å². The maximum absolute atomic E-state index is 5.92. The average Bonchev–Trinajstić information content (AvgIpc) is 2.31. The van der Waals surface area contributed by atoms with Crippen molar-refractivity contribution in [2.75, 3.05) is 26.7 Å². The molecule has 0 radical (unpaired) electrons. The largest absolute Gasteiger partial charge is 0.330 e. The van der Waals surface area contributed by atoms with E-state index < -0.39 is 0 Å². The quantitative estimate of drug-likeness (QED) is 0.836. The number of benzene rings is 1. The first kappa shape index (κ1) is 13.6. The van der Waals surface area contributed by atoms with Crippen LogP contribution in [0.3, 0.4) is 0 Å². The zero-order valence-electron chi connectivity index (χ0n) is 11.8. The van der Waals surface area contributed by atoms with Crippen molar-refractivity contribution in [2.24, 2.45) is 11.1 Å². The van der Waals surface area contributed by atoms with Crippen molar-refractivity contribution >= 4 is 0 Å². The Bertz CT molecular complexity index is 377. The third kappa shape index (κ3) is 3.33. The first-order valence-electron chi connectivity index (χ1n) is 7.08. The van der Waals surface area contributed by atoms with Crippen LogP contribution >= 0.6 is 0 Å². The lowest BCUT2D eigenvalue weighted by Gasteiger charge is -2.43. The molecule has 1 aliphatic carbocycles. The SMILES string of the molecule is Cc1cccc(CCN(C)CC2(CN)CCC2)c1. The molecule has 0 bridgehead atoms. The van der Waals surface area contributed by atoms with Crippen molar-refractivity contribution in [1.82, 2.24) is 4.90 Å². The van der Waals surface area contributed by atoms with E-state index in [9.17, 15) is 0 Å². The molecule has 0 saturated heterocycles. The van der Waals surface area contributed by atoms with Gasteiger partial charge in [-0.05, 0) is 50.8 Å². The second kappa shape index (κ2) is 5.85. The summed E-state index contributed by atoms with van der Waals surface area (Å²) in [7, 11) is 2.23. The van der Waals surface area contributed by atoms with Gasteiger partial charge in [-0.25, -0.2) is 0 Å². The molecule has 1 aromatic carbocycles. The van der Waals surface area contributed by atoms with Gasteiger partial charge in [-0.3, -0.25) is 0 Å². The van der Waals surface area contributed by atoms with Gasteiger partial charge in [0.1, 0.15) is 0 Å². The fourth-order valence-corrected chi connectivity index (χ4v) is 2.94. The molecular weight excluding hydrogens is 220 g/mol. The van der Waals surface area contributed by atoms with E-state index in [1.165, 1.54) is 30.4 Å². The number of rotatable bonds is 6. The number of nitrogens with two attached hydrogens (primary N) is 1. The molecular formula is C16H26N2. The first-order valence-corrected chi connectivity index (χ1v) is 7.08. The van der Waals surface area contributed by atoms with Crippen LogP contribution in [0, 0.1) is 12.3 Å². The van der Waals surface area contributed by atoms with E-state index in [1.807, 2.05) is 0 Å². The lowest BCUT2D eigenvalue weighted by molar-refractivity contribution is 0.0882. The Labute approximate surface area is 111 Å². The van der Waals surface area contributed by atoms with E-state index in [2.05, 4.69) is 43.1 Å². The third-order valence-corrected chi connectivity index (χ3v) is 4.32. The number of likely N-dealkylation sites (N-methyl/N-ethyl adjacent to an activating group) is 1. The summed E-state index contributed by atoms with van der Waals surface area (Å²) >= 11 is 0. The van der Waals surface area contributed by atoms with Crippen LogP contribution in [0.5, 0.6) is 0 Å². The molecule has 0 heterocycles. The van der Waals surface area contributed by atoms with Gasteiger partial charge >= 0.3 is 0 Å². The number of hydrogen-bond donors (Lipinski definition) is 1. The Morgan fingerprint density at radius 2 is 2.11 bits per heavy atom. The summed E-state index contributed by atoms with van der Waals surface area (Å²) in [4.78, 5) is 2.45. The highest BCUT2D eigenvalue weighted by Gasteiger charge is 2.36. The zero-order chi connectivity index (χ0) is 13.0. The molecule has 1 aromatic rings. The molecule has 2 nitrogen and oxygen atoms in total. The van der Waals surface area contributed by atoms with Crippen molar-refractivity contribution < 1.29 is 0 Å². The molecule has 0 aromatic heterocycles. The van der Waals surface area contributed by atoms with Crippen molar-refractivity contribution in [3.8, 4) is 0 Å². The second-order valence-electron chi connectivity index (χ2n) is 6.03. The maximum Gasteiger partial charge on any atom is 0.00471 e. The van der Waals surface area contributed by atoms with Crippen LogP contribution in [0.25, 0.3) is 0 Å². The minimum absolute atomic E-state index is 0.432. The summed E-state index contributed by atoms with van der Waals surface area (Å²) in [5, 5.41) is 0. The molecule has 0 spiro atoms. The zero-order valence-corrected chi connectivity index (χ0v) is 11.8. The van der Waals surface area contributed by atoms with Gasteiger partial charge in [0.15, 0.2) is 0 Å². The molecule has 2 rings (SSSR count). The van der Waals surface area contributed by atoms with Gasteiger partial charge in [-0.2, -0.15) is 0 Å². The first-order chi connectivity index (χ1) is 8.63. The summed E-state index contributed by atoms with van der Waals surface area (Å²) < 4.78 is 0. The van der Waals surface area contributed by atoms with Crippen LogP contribution in [0.15, 0.2) is 24.3 Å². The van der Waals surface area contributed by atoms with Crippen LogP contribution in [0.1, 0.15) is 30.4 Å². The van der Waals surface area contributed by atoms with Gasteiger partial charge in [0, 0.05) is 13.1 Å². The smallest absolute Gasteiger partial charge is 0.00471 e. The number of nitrogens with zero attached hydrogens (tertiary/aromatic N) is 1. The van der Waals surface area contributed by atoms with Gasteiger partial charge in [-0.15, -0.1) is 0 Å². The number of hydrogen-bond acceptors (Lipinski definition) is 2. The lowest BCUT2D eigenvalue weighted by atomic mass is 9.68.